The van der Waals surface area contributed by atoms with Gasteiger partial charge in [0.25, 0.3) is 0 Å². The van der Waals surface area contributed by atoms with Crippen molar-refractivity contribution < 1.29 is 0 Å². The standard InChI is InChI=1S/C13H22N8/c1-9(2)7-21(10(3)4)13-17-11(19-14)16-12(18-13)20-6-5-15-8-20/h5-6,8-10H,7,14H2,1-4H3,(H,16,17,18,19). The molecule has 0 saturated heterocycles. The smallest absolute Gasteiger partial charge is 0.243 e. The first-order valence-corrected chi connectivity index (χ1v) is 6.99. The molecule has 0 atom stereocenters. The van der Waals surface area contributed by atoms with Crippen LogP contribution < -0.4 is 16.2 Å². The van der Waals surface area contributed by atoms with Crippen molar-refractivity contribution in [3.05, 3.63) is 18.7 Å². The molecule has 3 N–H and O–H groups in total. The second kappa shape index (κ2) is 6.49. The van der Waals surface area contributed by atoms with Crippen molar-refractivity contribution in [2.45, 2.75) is 33.7 Å². The van der Waals surface area contributed by atoms with Gasteiger partial charge in [0.1, 0.15) is 6.33 Å². The third-order valence-electron chi connectivity index (χ3n) is 2.92. The fourth-order valence-electron chi connectivity index (χ4n) is 1.96. The van der Waals surface area contributed by atoms with Gasteiger partial charge < -0.3 is 4.90 Å². The van der Waals surface area contributed by atoms with Gasteiger partial charge >= 0.3 is 0 Å². The van der Waals surface area contributed by atoms with Crippen LogP contribution in [0.4, 0.5) is 11.9 Å². The molecule has 2 rings (SSSR count). The molecular weight excluding hydrogens is 268 g/mol. The van der Waals surface area contributed by atoms with Crippen LogP contribution in [0.2, 0.25) is 0 Å². The molecule has 0 unspecified atom stereocenters. The predicted molar refractivity (Wildman–Crippen MR) is 82.1 cm³/mol. The topological polar surface area (TPSA) is 97.8 Å². The molecule has 8 nitrogen and oxygen atoms in total. The molecule has 2 aromatic rings. The molecule has 0 bridgehead atoms. The lowest BCUT2D eigenvalue weighted by Crippen LogP contribution is -2.36. The van der Waals surface area contributed by atoms with E-state index in [1.54, 1.807) is 23.3 Å². The summed E-state index contributed by atoms with van der Waals surface area (Å²) in [5.74, 6) is 7.39. The molecule has 0 aliphatic carbocycles. The number of nitrogens with two attached hydrogens (primary N) is 1. The van der Waals surface area contributed by atoms with Gasteiger partial charge in [-0.1, -0.05) is 13.8 Å². The lowest BCUT2D eigenvalue weighted by Gasteiger charge is -2.28. The van der Waals surface area contributed by atoms with Gasteiger partial charge in [-0.3, -0.25) is 9.99 Å². The lowest BCUT2D eigenvalue weighted by atomic mass is 10.2. The van der Waals surface area contributed by atoms with Gasteiger partial charge in [-0.05, 0) is 19.8 Å². The number of anilines is 2. The highest BCUT2D eigenvalue weighted by atomic mass is 15.4. The first-order chi connectivity index (χ1) is 10.0. The maximum absolute atomic E-state index is 5.47. The summed E-state index contributed by atoms with van der Waals surface area (Å²) in [6.07, 6.45) is 5.09. The molecule has 0 fully saturated rings. The average Bonchev–Trinajstić information content (AvgIpc) is 2.98. The van der Waals surface area contributed by atoms with Gasteiger partial charge in [0.2, 0.25) is 17.8 Å². The minimum atomic E-state index is 0.274. The number of nitrogens with zero attached hydrogens (tertiary/aromatic N) is 6. The van der Waals surface area contributed by atoms with Crippen molar-refractivity contribution in [3.63, 3.8) is 0 Å². The maximum atomic E-state index is 5.47. The van der Waals surface area contributed by atoms with Crippen LogP contribution in [-0.4, -0.2) is 37.1 Å². The Morgan fingerprint density at radius 2 is 2.00 bits per heavy atom. The predicted octanol–water partition coefficient (Wildman–Crippen LogP) is 1.21. The highest BCUT2D eigenvalue weighted by Crippen LogP contribution is 2.17. The summed E-state index contributed by atoms with van der Waals surface area (Å²) in [6.45, 7) is 9.40. The molecule has 2 aromatic heterocycles. The zero-order chi connectivity index (χ0) is 15.4. The molecule has 0 spiro atoms. The fourth-order valence-corrected chi connectivity index (χ4v) is 1.96. The summed E-state index contributed by atoms with van der Waals surface area (Å²) in [7, 11) is 0. The largest absolute Gasteiger partial charge is 0.338 e. The van der Waals surface area contributed by atoms with Crippen LogP contribution in [-0.2, 0) is 0 Å². The Morgan fingerprint density at radius 1 is 1.24 bits per heavy atom. The summed E-state index contributed by atoms with van der Waals surface area (Å²) < 4.78 is 1.72. The minimum absolute atomic E-state index is 0.274. The minimum Gasteiger partial charge on any atom is -0.338 e. The summed E-state index contributed by atoms with van der Waals surface area (Å²) in [6, 6.07) is 0.274. The molecule has 0 aliphatic heterocycles. The number of rotatable bonds is 6. The monoisotopic (exact) mass is 290 g/mol. The molecule has 8 heteroatoms. The maximum Gasteiger partial charge on any atom is 0.243 e. The Kier molecular flexibility index (Phi) is 4.69. The fraction of sp³-hybridized carbons (Fsp3) is 0.538. The number of hydrazine groups is 1. The van der Waals surface area contributed by atoms with Gasteiger partial charge in [-0.15, -0.1) is 0 Å². The van der Waals surface area contributed by atoms with Gasteiger partial charge in [0.05, 0.1) is 0 Å². The highest BCUT2D eigenvalue weighted by molar-refractivity contribution is 5.40. The molecule has 114 valence electrons. The van der Waals surface area contributed by atoms with E-state index in [0.29, 0.717) is 23.8 Å². The van der Waals surface area contributed by atoms with Crippen LogP contribution in [0.1, 0.15) is 27.7 Å². The van der Waals surface area contributed by atoms with E-state index in [4.69, 9.17) is 5.84 Å². The number of imidazole rings is 1. The van der Waals surface area contributed by atoms with Crippen molar-refractivity contribution in [2.75, 3.05) is 16.9 Å². The number of aromatic nitrogens is 5. The highest BCUT2D eigenvalue weighted by Gasteiger charge is 2.18. The summed E-state index contributed by atoms with van der Waals surface area (Å²) >= 11 is 0. The molecule has 2 heterocycles. The SMILES string of the molecule is CC(C)CN(c1nc(NN)nc(-n2ccnc2)n1)C(C)C. The van der Waals surface area contributed by atoms with E-state index in [9.17, 15) is 0 Å². The van der Waals surface area contributed by atoms with Crippen LogP contribution in [0.15, 0.2) is 18.7 Å². The molecule has 0 saturated carbocycles. The number of nitrogen functional groups attached to an aromatic ring is 1. The van der Waals surface area contributed by atoms with Gasteiger partial charge in [-0.25, -0.2) is 10.8 Å². The van der Waals surface area contributed by atoms with E-state index in [1.807, 2.05) is 0 Å². The Morgan fingerprint density at radius 3 is 2.52 bits per heavy atom. The van der Waals surface area contributed by atoms with Crippen LogP contribution in [0.25, 0.3) is 5.95 Å². The Bertz CT molecular complexity index is 564. The van der Waals surface area contributed by atoms with Crippen molar-refractivity contribution in [1.29, 1.82) is 0 Å². The number of hydrogen-bond acceptors (Lipinski definition) is 7. The van der Waals surface area contributed by atoms with E-state index < -0.39 is 0 Å². The molecule has 0 aromatic carbocycles. The van der Waals surface area contributed by atoms with E-state index >= 15 is 0 Å². The van der Waals surface area contributed by atoms with E-state index in [2.05, 4.69) is 58.0 Å². The van der Waals surface area contributed by atoms with Crippen LogP contribution in [0.3, 0.4) is 0 Å². The lowest BCUT2D eigenvalue weighted by molar-refractivity contribution is 0.559. The summed E-state index contributed by atoms with van der Waals surface area (Å²) in [4.78, 5) is 19.3. The summed E-state index contributed by atoms with van der Waals surface area (Å²) in [5, 5.41) is 0. The molecular formula is C13H22N8. The molecule has 0 amide bonds. The van der Waals surface area contributed by atoms with Gasteiger partial charge in [0.15, 0.2) is 0 Å². The third-order valence-corrected chi connectivity index (χ3v) is 2.92. The zero-order valence-corrected chi connectivity index (χ0v) is 12.9. The average molecular weight is 290 g/mol. The van der Waals surface area contributed by atoms with E-state index in [1.165, 1.54) is 0 Å². The van der Waals surface area contributed by atoms with Gasteiger partial charge in [0, 0.05) is 25.0 Å². The van der Waals surface area contributed by atoms with Crippen molar-refractivity contribution >= 4 is 11.9 Å². The van der Waals surface area contributed by atoms with Crippen LogP contribution in [0.5, 0.6) is 0 Å². The van der Waals surface area contributed by atoms with Gasteiger partial charge in [-0.2, -0.15) is 15.0 Å². The van der Waals surface area contributed by atoms with Crippen molar-refractivity contribution in [3.8, 4) is 5.95 Å². The molecule has 0 aliphatic rings. The molecule has 0 radical (unpaired) electrons. The normalized spacial score (nSPS) is 11.2. The van der Waals surface area contributed by atoms with E-state index in [-0.39, 0.29) is 6.04 Å². The second-order valence-electron chi connectivity index (χ2n) is 5.51. The van der Waals surface area contributed by atoms with Crippen LogP contribution in [0, 0.1) is 5.92 Å². The third kappa shape index (κ3) is 3.66. The zero-order valence-electron chi connectivity index (χ0n) is 12.9. The molecule has 21 heavy (non-hydrogen) atoms. The van der Waals surface area contributed by atoms with Crippen molar-refractivity contribution in [1.82, 2.24) is 24.5 Å². The second-order valence-corrected chi connectivity index (χ2v) is 5.51. The van der Waals surface area contributed by atoms with E-state index in [0.717, 1.165) is 6.54 Å². The Hall–Kier alpha value is -2.22. The Labute approximate surface area is 124 Å². The summed E-state index contributed by atoms with van der Waals surface area (Å²) in [5.41, 5.74) is 2.49. The first kappa shape index (κ1) is 15.2. The first-order valence-electron chi connectivity index (χ1n) is 6.99. The number of nitrogens with one attached hydrogen (secondary N) is 1. The van der Waals surface area contributed by atoms with Crippen molar-refractivity contribution in [2.24, 2.45) is 11.8 Å². The van der Waals surface area contributed by atoms with Crippen LogP contribution >= 0.6 is 0 Å². The Balaban J connectivity index is 2.44. The number of hydrogen-bond donors (Lipinski definition) is 2. The quantitative estimate of drug-likeness (QED) is 0.609.